The van der Waals surface area contributed by atoms with Crippen molar-refractivity contribution in [2.75, 3.05) is 6.54 Å². The van der Waals surface area contributed by atoms with Gasteiger partial charge in [0.05, 0.1) is 15.7 Å². The first-order chi connectivity index (χ1) is 11.4. The molecule has 2 aliphatic rings. The molecule has 0 spiro atoms. The lowest BCUT2D eigenvalue weighted by molar-refractivity contribution is 0.197. The molecule has 2 nitrogen and oxygen atoms in total. The van der Waals surface area contributed by atoms with Gasteiger partial charge in [0, 0.05) is 17.3 Å². The first-order valence-corrected chi connectivity index (χ1v) is 10.4. The van der Waals surface area contributed by atoms with Gasteiger partial charge < -0.3 is 4.90 Å². The van der Waals surface area contributed by atoms with E-state index in [4.69, 9.17) is 28.2 Å². The van der Waals surface area contributed by atoms with E-state index in [0.29, 0.717) is 16.1 Å². The van der Waals surface area contributed by atoms with Gasteiger partial charge in [0.15, 0.2) is 5.17 Å². The van der Waals surface area contributed by atoms with Crippen LogP contribution in [0.5, 0.6) is 0 Å². The summed E-state index contributed by atoms with van der Waals surface area (Å²) >= 11 is 14.4. The third kappa shape index (κ3) is 4.05. The maximum atomic E-state index is 6.35. The molecule has 1 saturated heterocycles. The topological polar surface area (TPSA) is 15.6 Å². The summed E-state index contributed by atoms with van der Waals surface area (Å²) in [6, 6.07) is 6.18. The van der Waals surface area contributed by atoms with Crippen molar-refractivity contribution in [1.82, 2.24) is 4.90 Å². The third-order valence-corrected chi connectivity index (χ3v) is 7.13. The van der Waals surface area contributed by atoms with E-state index < -0.39 is 0 Å². The highest BCUT2D eigenvalue weighted by Gasteiger charge is 2.39. The molecule has 3 rings (SSSR count). The molecule has 0 bridgehead atoms. The molecule has 24 heavy (non-hydrogen) atoms. The van der Waals surface area contributed by atoms with Crippen LogP contribution >= 0.6 is 35.0 Å². The summed E-state index contributed by atoms with van der Waals surface area (Å²) < 4.78 is 0.173. The Balaban J connectivity index is 1.88. The largest absolute Gasteiger partial charge is 0.347 e. The SMILES string of the molecule is C[C@H](C1CCCCC1)N1CC(C)(C)SC1=Nc1cccc(Cl)c1Cl. The summed E-state index contributed by atoms with van der Waals surface area (Å²) in [4.78, 5) is 7.40. The number of benzene rings is 1. The first-order valence-electron chi connectivity index (χ1n) is 8.86. The van der Waals surface area contributed by atoms with E-state index in [1.54, 1.807) is 0 Å². The van der Waals surface area contributed by atoms with Crippen molar-refractivity contribution in [2.45, 2.75) is 63.7 Å². The van der Waals surface area contributed by atoms with Crippen LogP contribution in [0.3, 0.4) is 0 Å². The Kier molecular flexibility index (Phi) is 5.73. The molecule has 5 heteroatoms. The van der Waals surface area contributed by atoms with E-state index in [0.717, 1.165) is 23.3 Å². The minimum atomic E-state index is 0.173. The van der Waals surface area contributed by atoms with E-state index >= 15 is 0 Å². The van der Waals surface area contributed by atoms with E-state index in [-0.39, 0.29) is 4.75 Å². The van der Waals surface area contributed by atoms with Crippen LogP contribution in [0.15, 0.2) is 23.2 Å². The van der Waals surface area contributed by atoms with Crippen molar-refractivity contribution in [2.24, 2.45) is 10.9 Å². The molecule has 2 fully saturated rings. The molecule has 1 aromatic rings. The number of thioether (sulfide) groups is 1. The number of aliphatic imine (C=N–C) groups is 1. The molecule has 132 valence electrons. The Bertz CT molecular complexity index is 624. The molecule has 0 amide bonds. The number of hydrogen-bond acceptors (Lipinski definition) is 2. The Labute approximate surface area is 160 Å². The van der Waals surface area contributed by atoms with Gasteiger partial charge in [-0.3, -0.25) is 0 Å². The number of hydrogen-bond donors (Lipinski definition) is 0. The predicted molar refractivity (Wildman–Crippen MR) is 108 cm³/mol. The molecule has 1 heterocycles. The van der Waals surface area contributed by atoms with Crippen molar-refractivity contribution in [3.63, 3.8) is 0 Å². The molecule has 1 aliphatic carbocycles. The van der Waals surface area contributed by atoms with Gasteiger partial charge in [-0.1, -0.05) is 60.3 Å². The predicted octanol–water partition coefficient (Wildman–Crippen LogP) is 6.78. The molecular weight excluding hydrogens is 359 g/mol. The van der Waals surface area contributed by atoms with Gasteiger partial charge in [-0.05, 0) is 51.7 Å². The summed E-state index contributed by atoms with van der Waals surface area (Å²) in [5.41, 5.74) is 0.769. The Morgan fingerprint density at radius 1 is 1.21 bits per heavy atom. The van der Waals surface area contributed by atoms with Crippen molar-refractivity contribution < 1.29 is 0 Å². The lowest BCUT2D eigenvalue weighted by Crippen LogP contribution is -2.41. The zero-order chi connectivity index (χ0) is 17.3. The van der Waals surface area contributed by atoms with Crippen molar-refractivity contribution in [3.8, 4) is 0 Å². The van der Waals surface area contributed by atoms with Crippen LogP contribution < -0.4 is 0 Å². The smallest absolute Gasteiger partial charge is 0.165 e. The summed E-state index contributed by atoms with van der Waals surface area (Å²) in [6.45, 7) is 7.99. The summed E-state index contributed by atoms with van der Waals surface area (Å²) in [5, 5.41) is 2.19. The molecule has 0 unspecified atom stereocenters. The van der Waals surface area contributed by atoms with Crippen molar-refractivity contribution >= 4 is 45.8 Å². The fourth-order valence-electron chi connectivity index (χ4n) is 3.77. The number of rotatable bonds is 3. The molecule has 1 saturated carbocycles. The van der Waals surface area contributed by atoms with E-state index in [2.05, 4.69) is 25.7 Å². The lowest BCUT2D eigenvalue weighted by atomic mass is 9.84. The molecule has 1 aromatic carbocycles. The molecule has 0 aromatic heterocycles. The van der Waals surface area contributed by atoms with Crippen molar-refractivity contribution in [3.05, 3.63) is 28.2 Å². The first kappa shape index (κ1) is 18.4. The van der Waals surface area contributed by atoms with Gasteiger partial charge in [-0.15, -0.1) is 0 Å². The fourth-order valence-corrected chi connectivity index (χ4v) is 5.30. The van der Waals surface area contributed by atoms with E-state index in [9.17, 15) is 0 Å². The highest BCUT2D eigenvalue weighted by molar-refractivity contribution is 8.15. The van der Waals surface area contributed by atoms with Crippen LogP contribution in [-0.4, -0.2) is 27.4 Å². The normalized spacial score (nSPS) is 24.5. The minimum Gasteiger partial charge on any atom is -0.347 e. The molecule has 1 atom stereocenters. The van der Waals surface area contributed by atoms with Gasteiger partial charge >= 0.3 is 0 Å². The van der Waals surface area contributed by atoms with Crippen LogP contribution in [0.25, 0.3) is 0 Å². The third-order valence-electron chi connectivity index (χ3n) is 5.14. The fraction of sp³-hybridized carbons (Fsp3) is 0.632. The average molecular weight is 385 g/mol. The minimum absolute atomic E-state index is 0.173. The molecule has 0 radical (unpaired) electrons. The van der Waals surface area contributed by atoms with Crippen LogP contribution in [0.4, 0.5) is 5.69 Å². The van der Waals surface area contributed by atoms with Crippen LogP contribution in [0.2, 0.25) is 10.0 Å². The molecule has 0 N–H and O–H groups in total. The molecular formula is C19H26Cl2N2S. The van der Waals surface area contributed by atoms with Crippen LogP contribution in [-0.2, 0) is 0 Å². The van der Waals surface area contributed by atoms with Gasteiger partial charge in [-0.2, -0.15) is 0 Å². The maximum Gasteiger partial charge on any atom is 0.165 e. The van der Waals surface area contributed by atoms with Gasteiger partial charge in [-0.25, -0.2) is 4.99 Å². The average Bonchev–Trinajstić information content (AvgIpc) is 2.86. The summed E-state index contributed by atoms with van der Waals surface area (Å²) in [5.74, 6) is 0.772. The zero-order valence-electron chi connectivity index (χ0n) is 14.7. The van der Waals surface area contributed by atoms with Gasteiger partial charge in [0.2, 0.25) is 0 Å². The second-order valence-electron chi connectivity index (χ2n) is 7.60. The van der Waals surface area contributed by atoms with Crippen molar-refractivity contribution in [1.29, 1.82) is 0 Å². The molecule has 1 aliphatic heterocycles. The van der Waals surface area contributed by atoms with E-state index in [1.165, 1.54) is 32.1 Å². The Hall–Kier alpha value is -0.380. The zero-order valence-corrected chi connectivity index (χ0v) is 17.0. The second-order valence-corrected chi connectivity index (χ2v) is 10.1. The maximum absolute atomic E-state index is 6.35. The van der Waals surface area contributed by atoms with E-state index in [1.807, 2.05) is 30.0 Å². The Morgan fingerprint density at radius 2 is 1.92 bits per heavy atom. The van der Waals surface area contributed by atoms with Crippen LogP contribution in [0, 0.1) is 5.92 Å². The second kappa shape index (κ2) is 7.47. The summed E-state index contributed by atoms with van der Waals surface area (Å²) in [7, 11) is 0. The van der Waals surface area contributed by atoms with Gasteiger partial charge in [0.25, 0.3) is 0 Å². The Morgan fingerprint density at radius 3 is 2.62 bits per heavy atom. The number of nitrogens with zero attached hydrogens (tertiary/aromatic N) is 2. The highest BCUT2D eigenvalue weighted by Crippen LogP contribution is 2.42. The monoisotopic (exact) mass is 384 g/mol. The lowest BCUT2D eigenvalue weighted by Gasteiger charge is -2.35. The number of halogens is 2. The highest BCUT2D eigenvalue weighted by atomic mass is 35.5. The number of amidine groups is 1. The van der Waals surface area contributed by atoms with Gasteiger partial charge in [0.1, 0.15) is 0 Å². The standard InChI is InChI=1S/C19H26Cl2N2S/c1-13(14-8-5-4-6-9-14)23-12-19(2,3)24-18(23)22-16-11-7-10-15(20)17(16)21/h7,10-11,13-14H,4-6,8-9,12H2,1-3H3/t13-/m1/s1. The summed E-state index contributed by atoms with van der Waals surface area (Å²) in [6.07, 6.45) is 6.81. The van der Waals surface area contributed by atoms with Crippen LogP contribution in [0.1, 0.15) is 52.9 Å². The quantitative estimate of drug-likeness (QED) is 0.570.